The minimum Gasteiger partial charge on any atom is -0.378 e. The van der Waals surface area contributed by atoms with Crippen LogP contribution in [0.15, 0.2) is 4.99 Å². The molecule has 0 heterocycles. The first-order chi connectivity index (χ1) is 12.1. The van der Waals surface area contributed by atoms with Gasteiger partial charge in [0, 0.05) is 37.9 Å². The van der Waals surface area contributed by atoms with Crippen molar-refractivity contribution in [3.8, 4) is 0 Å². The number of sulfone groups is 1. The van der Waals surface area contributed by atoms with Crippen LogP contribution in [0.25, 0.3) is 0 Å². The Bertz CT molecular complexity index is 595. The standard InChI is InChI=1S/C19H37N3O3S/c1-6-25-16-13-15(19(16)9-7-8-10-19)22-17(20-4)21-14-18(2,3)11-12-26(5,23)24/h15-16H,6-14H2,1-5H3,(H2,20,21,22). The quantitative estimate of drug-likeness (QED) is 0.494. The summed E-state index contributed by atoms with van der Waals surface area (Å²) in [4.78, 5) is 4.38. The molecule has 26 heavy (non-hydrogen) atoms. The van der Waals surface area contributed by atoms with Gasteiger partial charge in [0.1, 0.15) is 9.84 Å². The third kappa shape index (κ3) is 5.35. The van der Waals surface area contributed by atoms with Gasteiger partial charge < -0.3 is 15.4 Å². The van der Waals surface area contributed by atoms with Gasteiger partial charge in [-0.3, -0.25) is 4.99 Å². The highest BCUT2D eigenvalue weighted by atomic mass is 32.2. The molecule has 7 heteroatoms. The third-order valence-corrected chi connectivity index (χ3v) is 7.05. The zero-order chi connectivity index (χ0) is 19.4. The average Bonchev–Trinajstić information content (AvgIpc) is 3.07. The van der Waals surface area contributed by atoms with Gasteiger partial charge in [0.2, 0.25) is 0 Å². The van der Waals surface area contributed by atoms with E-state index in [1.54, 1.807) is 7.05 Å². The van der Waals surface area contributed by atoms with Crippen molar-refractivity contribution in [3.63, 3.8) is 0 Å². The molecule has 2 fully saturated rings. The maximum Gasteiger partial charge on any atom is 0.191 e. The van der Waals surface area contributed by atoms with E-state index in [0.717, 1.165) is 19.0 Å². The molecular formula is C19H37N3O3S. The first-order valence-corrected chi connectivity index (χ1v) is 11.9. The minimum atomic E-state index is -2.93. The van der Waals surface area contributed by atoms with Crippen molar-refractivity contribution >= 4 is 15.8 Å². The van der Waals surface area contributed by atoms with E-state index in [1.165, 1.54) is 31.9 Å². The van der Waals surface area contributed by atoms with Gasteiger partial charge in [-0.05, 0) is 38.0 Å². The Morgan fingerprint density at radius 2 is 1.96 bits per heavy atom. The molecule has 2 rings (SSSR count). The van der Waals surface area contributed by atoms with E-state index in [1.807, 2.05) is 0 Å². The van der Waals surface area contributed by atoms with E-state index in [9.17, 15) is 8.42 Å². The molecule has 0 aromatic carbocycles. The van der Waals surface area contributed by atoms with Crippen molar-refractivity contribution in [1.82, 2.24) is 10.6 Å². The summed E-state index contributed by atoms with van der Waals surface area (Å²) in [6.45, 7) is 7.72. The van der Waals surface area contributed by atoms with Crippen LogP contribution in [0.1, 0.15) is 59.3 Å². The Kier molecular flexibility index (Phi) is 6.99. The molecule has 0 bridgehead atoms. The van der Waals surface area contributed by atoms with Crippen LogP contribution in [0.4, 0.5) is 0 Å². The highest BCUT2D eigenvalue weighted by Gasteiger charge is 2.56. The van der Waals surface area contributed by atoms with Crippen molar-refractivity contribution in [1.29, 1.82) is 0 Å². The van der Waals surface area contributed by atoms with Gasteiger partial charge in [-0.25, -0.2) is 8.42 Å². The lowest BCUT2D eigenvalue weighted by atomic mass is 9.60. The summed E-state index contributed by atoms with van der Waals surface area (Å²) in [7, 11) is -1.14. The van der Waals surface area contributed by atoms with Crippen molar-refractivity contribution in [2.75, 3.05) is 32.2 Å². The molecule has 6 nitrogen and oxygen atoms in total. The largest absolute Gasteiger partial charge is 0.378 e. The topological polar surface area (TPSA) is 79.8 Å². The predicted molar refractivity (Wildman–Crippen MR) is 107 cm³/mol. The van der Waals surface area contributed by atoms with Crippen molar-refractivity contribution < 1.29 is 13.2 Å². The van der Waals surface area contributed by atoms with Crippen LogP contribution < -0.4 is 10.6 Å². The Morgan fingerprint density at radius 3 is 2.50 bits per heavy atom. The molecule has 152 valence electrons. The lowest BCUT2D eigenvalue weighted by molar-refractivity contribution is -0.125. The molecule has 0 aliphatic heterocycles. The van der Waals surface area contributed by atoms with E-state index in [-0.39, 0.29) is 16.6 Å². The van der Waals surface area contributed by atoms with Crippen molar-refractivity contribution in [3.05, 3.63) is 0 Å². The third-order valence-electron chi connectivity index (χ3n) is 6.11. The van der Waals surface area contributed by atoms with Gasteiger partial charge in [-0.1, -0.05) is 26.7 Å². The highest BCUT2D eigenvalue weighted by molar-refractivity contribution is 7.90. The molecule has 0 aromatic rings. The van der Waals surface area contributed by atoms with Crippen LogP contribution in [-0.2, 0) is 14.6 Å². The number of ether oxygens (including phenoxy) is 1. The molecule has 2 N–H and O–H groups in total. The molecule has 0 amide bonds. The van der Waals surface area contributed by atoms with Gasteiger partial charge >= 0.3 is 0 Å². The fraction of sp³-hybridized carbons (Fsp3) is 0.947. The molecule has 1 spiro atoms. The lowest BCUT2D eigenvalue weighted by Crippen LogP contribution is -2.65. The van der Waals surface area contributed by atoms with Crippen LogP contribution in [-0.4, -0.2) is 58.7 Å². The number of aliphatic imine (C=N–C) groups is 1. The van der Waals surface area contributed by atoms with Crippen LogP contribution in [0.3, 0.4) is 0 Å². The maximum atomic E-state index is 11.4. The van der Waals surface area contributed by atoms with E-state index < -0.39 is 9.84 Å². The Labute approximate surface area is 159 Å². The normalized spacial score (nSPS) is 26.0. The SMILES string of the molecule is CCOC1CC(NC(=NC)NCC(C)(C)CCS(C)(=O)=O)C12CCCC2. The summed E-state index contributed by atoms with van der Waals surface area (Å²) < 4.78 is 28.8. The van der Waals surface area contributed by atoms with Crippen molar-refractivity contribution in [2.24, 2.45) is 15.8 Å². The van der Waals surface area contributed by atoms with Crippen LogP contribution in [0.5, 0.6) is 0 Å². The molecule has 0 saturated heterocycles. The summed E-state index contributed by atoms with van der Waals surface area (Å²) in [6.07, 6.45) is 8.36. The second-order valence-electron chi connectivity index (χ2n) is 8.79. The van der Waals surface area contributed by atoms with Gasteiger partial charge in [0.15, 0.2) is 5.96 Å². The first-order valence-electron chi connectivity index (χ1n) is 9.88. The molecular weight excluding hydrogens is 350 g/mol. The molecule has 2 saturated carbocycles. The number of guanidine groups is 1. The Balaban J connectivity index is 1.88. The summed E-state index contributed by atoms with van der Waals surface area (Å²) >= 11 is 0. The number of nitrogens with one attached hydrogen (secondary N) is 2. The van der Waals surface area contributed by atoms with E-state index in [0.29, 0.717) is 25.1 Å². The zero-order valence-electron chi connectivity index (χ0n) is 17.1. The van der Waals surface area contributed by atoms with Gasteiger partial charge in [0.05, 0.1) is 11.9 Å². The van der Waals surface area contributed by atoms with Gasteiger partial charge in [0.25, 0.3) is 0 Å². The molecule has 0 radical (unpaired) electrons. The fourth-order valence-corrected chi connectivity index (χ4v) is 5.25. The Morgan fingerprint density at radius 1 is 1.31 bits per heavy atom. The second kappa shape index (κ2) is 8.46. The summed E-state index contributed by atoms with van der Waals surface area (Å²) in [5, 5.41) is 7.01. The second-order valence-corrected chi connectivity index (χ2v) is 11.0. The van der Waals surface area contributed by atoms with E-state index >= 15 is 0 Å². The van der Waals surface area contributed by atoms with E-state index in [2.05, 4.69) is 36.4 Å². The smallest absolute Gasteiger partial charge is 0.191 e. The lowest BCUT2D eigenvalue weighted by Gasteiger charge is -2.54. The van der Waals surface area contributed by atoms with Crippen LogP contribution in [0, 0.1) is 10.8 Å². The summed E-state index contributed by atoms with van der Waals surface area (Å²) in [6, 6.07) is 0.409. The van der Waals surface area contributed by atoms with E-state index in [4.69, 9.17) is 4.74 Å². The zero-order valence-corrected chi connectivity index (χ0v) is 17.9. The summed E-state index contributed by atoms with van der Waals surface area (Å²) in [5.74, 6) is 1.03. The summed E-state index contributed by atoms with van der Waals surface area (Å²) in [5.41, 5.74) is 0.151. The number of hydrogen-bond donors (Lipinski definition) is 2. The van der Waals surface area contributed by atoms with Gasteiger partial charge in [-0.15, -0.1) is 0 Å². The molecule has 2 aliphatic rings. The maximum absolute atomic E-state index is 11.4. The molecule has 2 aliphatic carbocycles. The Hall–Kier alpha value is -0.820. The molecule has 0 aromatic heterocycles. The van der Waals surface area contributed by atoms with Gasteiger partial charge in [-0.2, -0.15) is 0 Å². The molecule has 2 atom stereocenters. The number of hydrogen-bond acceptors (Lipinski definition) is 4. The highest BCUT2D eigenvalue weighted by Crippen LogP contribution is 2.54. The van der Waals surface area contributed by atoms with Crippen LogP contribution in [0.2, 0.25) is 0 Å². The monoisotopic (exact) mass is 387 g/mol. The molecule has 2 unspecified atom stereocenters. The van der Waals surface area contributed by atoms with Crippen LogP contribution >= 0.6 is 0 Å². The predicted octanol–water partition coefficient (Wildman–Crippen LogP) is 2.35. The van der Waals surface area contributed by atoms with Crippen molar-refractivity contribution in [2.45, 2.75) is 71.4 Å². The number of rotatable bonds is 8. The first kappa shape index (κ1) is 21.5. The average molecular weight is 388 g/mol. The minimum absolute atomic E-state index is 0.112. The number of nitrogens with zero attached hydrogens (tertiary/aromatic N) is 1. The fourth-order valence-electron chi connectivity index (χ4n) is 4.32.